The van der Waals surface area contributed by atoms with Crippen molar-refractivity contribution in [1.29, 1.82) is 0 Å². The summed E-state index contributed by atoms with van der Waals surface area (Å²) in [4.78, 5) is 12.2. The Hall–Kier alpha value is -3.07. The number of ether oxygens (including phenoxy) is 2. The number of halogens is 1. The number of carbonyl (C=O) groups excluding carboxylic acids is 1. The summed E-state index contributed by atoms with van der Waals surface area (Å²) in [7, 11) is 1.59. The highest BCUT2D eigenvalue weighted by Gasteiger charge is 2.19. The Balaban J connectivity index is 1.80. The lowest BCUT2D eigenvalue weighted by Gasteiger charge is -2.13. The Labute approximate surface area is 185 Å². The molecule has 0 saturated heterocycles. The van der Waals surface area contributed by atoms with Gasteiger partial charge in [0.25, 0.3) is 0 Å². The van der Waals surface area contributed by atoms with Crippen molar-refractivity contribution < 1.29 is 18.7 Å². The summed E-state index contributed by atoms with van der Waals surface area (Å²) < 4.78 is 27.1. The smallest absolute Gasteiger partial charge is 0.230 e. The molecule has 31 heavy (non-hydrogen) atoms. The summed E-state index contributed by atoms with van der Waals surface area (Å²) in [6.07, 6.45) is 0.842. The van der Waals surface area contributed by atoms with Crippen molar-refractivity contribution >= 4 is 17.7 Å². The van der Waals surface area contributed by atoms with E-state index in [9.17, 15) is 9.18 Å². The van der Waals surface area contributed by atoms with Gasteiger partial charge in [-0.05, 0) is 49.7 Å². The molecule has 3 rings (SSSR count). The first-order valence-electron chi connectivity index (χ1n) is 9.90. The van der Waals surface area contributed by atoms with Crippen LogP contribution in [0.5, 0.6) is 11.5 Å². The normalized spacial score (nSPS) is 11.7. The van der Waals surface area contributed by atoms with Crippen molar-refractivity contribution in [2.24, 2.45) is 0 Å². The van der Waals surface area contributed by atoms with E-state index in [1.54, 1.807) is 54.1 Å². The number of rotatable bonds is 10. The third kappa shape index (κ3) is 5.97. The van der Waals surface area contributed by atoms with E-state index in [0.717, 1.165) is 12.2 Å². The van der Waals surface area contributed by atoms with Gasteiger partial charge in [0.15, 0.2) is 11.0 Å². The fourth-order valence-electron chi connectivity index (χ4n) is 2.73. The molecular formula is C22H25FN4O3S. The highest BCUT2D eigenvalue weighted by atomic mass is 32.2. The van der Waals surface area contributed by atoms with Crippen LogP contribution in [0.25, 0.3) is 5.69 Å². The zero-order valence-corrected chi connectivity index (χ0v) is 18.5. The summed E-state index contributed by atoms with van der Waals surface area (Å²) >= 11 is 1.20. The Morgan fingerprint density at radius 3 is 2.55 bits per heavy atom. The molecule has 0 fully saturated rings. The molecular weight excluding hydrogens is 419 g/mol. The van der Waals surface area contributed by atoms with Crippen LogP contribution in [0.2, 0.25) is 0 Å². The molecule has 0 aliphatic carbocycles. The van der Waals surface area contributed by atoms with Gasteiger partial charge >= 0.3 is 0 Å². The third-order valence-corrected chi connectivity index (χ3v) is 5.50. The molecule has 2 aromatic carbocycles. The van der Waals surface area contributed by atoms with Gasteiger partial charge in [-0.3, -0.25) is 9.36 Å². The van der Waals surface area contributed by atoms with Crippen LogP contribution in [0.4, 0.5) is 4.39 Å². The van der Waals surface area contributed by atoms with E-state index in [1.807, 2.05) is 13.8 Å². The predicted octanol–water partition coefficient (Wildman–Crippen LogP) is 4.00. The molecule has 1 amide bonds. The zero-order chi connectivity index (χ0) is 22.2. The van der Waals surface area contributed by atoms with Gasteiger partial charge < -0.3 is 14.8 Å². The summed E-state index contributed by atoms with van der Waals surface area (Å²) in [5.74, 6) is 1.38. The number of hydrogen-bond acceptors (Lipinski definition) is 6. The number of aromatic nitrogens is 3. The fraction of sp³-hybridized carbons (Fsp3) is 0.318. The van der Waals surface area contributed by atoms with Gasteiger partial charge in [0.2, 0.25) is 5.91 Å². The minimum Gasteiger partial charge on any atom is -0.497 e. The second-order valence-electron chi connectivity index (χ2n) is 6.82. The van der Waals surface area contributed by atoms with E-state index in [-0.39, 0.29) is 24.3 Å². The topological polar surface area (TPSA) is 78.3 Å². The van der Waals surface area contributed by atoms with Crippen LogP contribution in [-0.2, 0) is 11.4 Å². The first-order valence-corrected chi connectivity index (χ1v) is 10.9. The minimum atomic E-state index is -0.418. The number of nitrogens with zero attached hydrogens (tertiary/aromatic N) is 3. The summed E-state index contributed by atoms with van der Waals surface area (Å²) in [6.45, 7) is 4.02. The van der Waals surface area contributed by atoms with Crippen molar-refractivity contribution in [3.8, 4) is 17.2 Å². The van der Waals surface area contributed by atoms with Crippen LogP contribution < -0.4 is 14.8 Å². The van der Waals surface area contributed by atoms with Crippen LogP contribution >= 0.6 is 11.8 Å². The third-order valence-electron chi connectivity index (χ3n) is 4.57. The molecule has 3 aromatic rings. The maximum Gasteiger partial charge on any atom is 0.230 e. The molecule has 7 nitrogen and oxygen atoms in total. The first-order chi connectivity index (χ1) is 15.0. The minimum absolute atomic E-state index is 0.0767. The molecule has 1 N–H and O–H groups in total. The monoisotopic (exact) mass is 444 g/mol. The Bertz CT molecular complexity index is 1010. The van der Waals surface area contributed by atoms with Crippen molar-refractivity contribution in [2.75, 3.05) is 12.9 Å². The Morgan fingerprint density at radius 2 is 1.87 bits per heavy atom. The lowest BCUT2D eigenvalue weighted by atomic mass is 10.3. The fourth-order valence-corrected chi connectivity index (χ4v) is 3.51. The molecule has 1 unspecified atom stereocenters. The molecule has 0 spiro atoms. The van der Waals surface area contributed by atoms with Crippen molar-refractivity contribution in [1.82, 2.24) is 20.1 Å². The van der Waals surface area contributed by atoms with Crippen molar-refractivity contribution in [3.63, 3.8) is 0 Å². The molecule has 1 atom stereocenters. The van der Waals surface area contributed by atoms with Crippen LogP contribution in [-0.4, -0.2) is 39.6 Å². The van der Waals surface area contributed by atoms with E-state index in [4.69, 9.17) is 9.47 Å². The largest absolute Gasteiger partial charge is 0.497 e. The molecule has 0 radical (unpaired) electrons. The second kappa shape index (κ2) is 10.8. The van der Waals surface area contributed by atoms with Crippen LogP contribution in [0.3, 0.4) is 0 Å². The predicted molar refractivity (Wildman–Crippen MR) is 117 cm³/mol. The van der Waals surface area contributed by atoms with E-state index in [2.05, 4.69) is 15.5 Å². The lowest BCUT2D eigenvalue weighted by Crippen LogP contribution is -2.33. The molecule has 9 heteroatoms. The molecule has 0 aliphatic rings. The van der Waals surface area contributed by atoms with Crippen LogP contribution in [0.15, 0.2) is 53.7 Å². The van der Waals surface area contributed by atoms with Gasteiger partial charge in [-0.1, -0.05) is 30.8 Å². The number of amides is 1. The maximum absolute atomic E-state index is 14.6. The highest BCUT2D eigenvalue weighted by Crippen LogP contribution is 2.25. The van der Waals surface area contributed by atoms with Crippen molar-refractivity contribution in [2.45, 2.75) is 38.1 Å². The number of carbonyl (C=O) groups is 1. The SMILES string of the molecule is CCC(C)NC(=O)CSc1nnc(COc2ccc(OC)cc2)n1-c1ccccc1F. The number of thioether (sulfide) groups is 1. The summed E-state index contributed by atoms with van der Waals surface area (Å²) in [6, 6.07) is 13.6. The standard InChI is InChI=1S/C22H25FN4O3S/c1-4-15(2)24-21(28)14-31-22-26-25-20(27(22)19-8-6-5-7-18(19)23)13-30-17-11-9-16(29-3)10-12-17/h5-12,15H,4,13-14H2,1-3H3,(H,24,28). The second-order valence-corrected chi connectivity index (χ2v) is 7.76. The molecule has 1 heterocycles. The molecule has 164 valence electrons. The number of para-hydroxylation sites is 1. The first kappa shape index (κ1) is 22.6. The van der Waals surface area contributed by atoms with Crippen LogP contribution in [0.1, 0.15) is 26.1 Å². The Morgan fingerprint density at radius 1 is 1.16 bits per heavy atom. The quantitative estimate of drug-likeness (QED) is 0.476. The average molecular weight is 445 g/mol. The molecule has 0 bridgehead atoms. The molecule has 0 aliphatic heterocycles. The van der Waals surface area contributed by atoms with E-state index >= 15 is 0 Å². The van der Waals surface area contributed by atoms with E-state index in [0.29, 0.717) is 22.4 Å². The number of methoxy groups -OCH3 is 1. The molecule has 1 aromatic heterocycles. The van der Waals surface area contributed by atoms with Crippen molar-refractivity contribution in [3.05, 3.63) is 60.2 Å². The van der Waals surface area contributed by atoms with Gasteiger partial charge in [0.05, 0.1) is 18.6 Å². The zero-order valence-electron chi connectivity index (χ0n) is 17.7. The van der Waals surface area contributed by atoms with Gasteiger partial charge in [0, 0.05) is 6.04 Å². The average Bonchev–Trinajstić information content (AvgIpc) is 3.19. The van der Waals surface area contributed by atoms with Gasteiger partial charge in [0.1, 0.15) is 23.9 Å². The maximum atomic E-state index is 14.6. The van der Waals surface area contributed by atoms with Gasteiger partial charge in [-0.2, -0.15) is 0 Å². The number of nitrogens with one attached hydrogen (secondary N) is 1. The molecule has 0 saturated carbocycles. The van der Waals surface area contributed by atoms with E-state index < -0.39 is 5.82 Å². The summed E-state index contributed by atoms with van der Waals surface area (Å²) in [5, 5.41) is 11.7. The highest BCUT2D eigenvalue weighted by molar-refractivity contribution is 7.99. The summed E-state index contributed by atoms with van der Waals surface area (Å²) in [5.41, 5.74) is 0.297. The van der Waals surface area contributed by atoms with Gasteiger partial charge in [-0.25, -0.2) is 4.39 Å². The van der Waals surface area contributed by atoms with Gasteiger partial charge in [-0.15, -0.1) is 10.2 Å². The number of hydrogen-bond donors (Lipinski definition) is 1. The number of benzene rings is 2. The van der Waals surface area contributed by atoms with Crippen LogP contribution in [0, 0.1) is 5.82 Å². The lowest BCUT2D eigenvalue weighted by molar-refractivity contribution is -0.119. The Kier molecular flexibility index (Phi) is 7.88. The van der Waals surface area contributed by atoms with E-state index in [1.165, 1.54) is 17.8 Å².